The Morgan fingerprint density at radius 3 is 2.79 bits per heavy atom. The molecule has 4 rings (SSSR count). The minimum absolute atomic E-state index is 0.860. The molecule has 4 nitrogen and oxygen atoms in total. The average molecular weight is 322 g/mol. The van der Waals surface area contributed by atoms with Crippen molar-refractivity contribution in [3.63, 3.8) is 0 Å². The molecule has 0 aliphatic carbocycles. The fourth-order valence-electron chi connectivity index (χ4n) is 3.86. The molecular formula is C20H26N4. The number of benzene rings is 1. The molecule has 1 fully saturated rings. The first-order valence-electron chi connectivity index (χ1n) is 9.13. The van der Waals surface area contributed by atoms with Crippen LogP contribution in [0.15, 0.2) is 48.9 Å². The average Bonchev–Trinajstić information content (AvgIpc) is 3.29. The Morgan fingerprint density at radius 2 is 1.96 bits per heavy atom. The topological polar surface area (TPSA) is 36.9 Å². The summed E-state index contributed by atoms with van der Waals surface area (Å²) in [5.74, 6) is 0.860. The first-order chi connectivity index (χ1) is 11.9. The van der Waals surface area contributed by atoms with Gasteiger partial charge in [0.15, 0.2) is 0 Å². The van der Waals surface area contributed by atoms with Gasteiger partial charge in [0.2, 0.25) is 0 Å². The molecule has 0 saturated carbocycles. The number of aromatic nitrogens is 3. The summed E-state index contributed by atoms with van der Waals surface area (Å²) in [7, 11) is 0. The first-order valence-corrected chi connectivity index (χ1v) is 9.13. The van der Waals surface area contributed by atoms with E-state index in [4.69, 9.17) is 0 Å². The normalized spacial score (nSPS) is 16.8. The molecule has 1 saturated heterocycles. The second-order valence-corrected chi connectivity index (χ2v) is 6.95. The maximum Gasteiger partial charge on any atom is 0.0489 e. The zero-order valence-corrected chi connectivity index (χ0v) is 14.2. The Labute approximate surface area is 143 Å². The molecule has 24 heavy (non-hydrogen) atoms. The Bertz CT molecular complexity index is 751. The van der Waals surface area contributed by atoms with E-state index in [0.717, 1.165) is 18.9 Å². The number of nitrogens with one attached hydrogen (secondary N) is 1. The fraction of sp³-hybridized carbons (Fsp3) is 0.450. The summed E-state index contributed by atoms with van der Waals surface area (Å²) < 4.78 is 2.06. The number of H-pyrrole nitrogens is 1. The van der Waals surface area contributed by atoms with E-state index >= 15 is 0 Å². The van der Waals surface area contributed by atoms with E-state index in [-0.39, 0.29) is 0 Å². The summed E-state index contributed by atoms with van der Waals surface area (Å²) >= 11 is 0. The summed E-state index contributed by atoms with van der Waals surface area (Å²) in [6.07, 6.45) is 11.2. The second-order valence-electron chi connectivity index (χ2n) is 6.95. The number of aryl methyl sites for hydroxylation is 1. The van der Waals surface area contributed by atoms with E-state index in [1.54, 1.807) is 0 Å². The molecule has 3 heterocycles. The van der Waals surface area contributed by atoms with Gasteiger partial charge in [0.1, 0.15) is 0 Å². The van der Waals surface area contributed by atoms with E-state index in [9.17, 15) is 0 Å². The number of piperidine rings is 1. The lowest BCUT2D eigenvalue weighted by atomic mass is 9.93. The highest BCUT2D eigenvalue weighted by atomic mass is 15.3. The van der Waals surface area contributed by atoms with Gasteiger partial charge in [-0.25, -0.2) is 0 Å². The van der Waals surface area contributed by atoms with E-state index in [1.807, 2.05) is 12.3 Å². The highest BCUT2D eigenvalue weighted by Crippen LogP contribution is 2.22. The van der Waals surface area contributed by atoms with Gasteiger partial charge >= 0.3 is 0 Å². The SMILES string of the molecule is c1ccc2c(CCN3CCC(CCn4cccn4)CC3)c[nH]c2c1. The first kappa shape index (κ1) is 15.5. The van der Waals surface area contributed by atoms with Crippen molar-refractivity contribution in [2.24, 2.45) is 5.92 Å². The summed E-state index contributed by atoms with van der Waals surface area (Å²) in [4.78, 5) is 6.02. The Balaban J connectivity index is 1.23. The van der Waals surface area contributed by atoms with Crippen LogP contribution in [0.5, 0.6) is 0 Å². The van der Waals surface area contributed by atoms with Gasteiger partial charge in [-0.2, -0.15) is 5.10 Å². The van der Waals surface area contributed by atoms with Crippen molar-refractivity contribution >= 4 is 10.9 Å². The molecule has 2 aromatic heterocycles. The van der Waals surface area contributed by atoms with Crippen LogP contribution in [0.4, 0.5) is 0 Å². The van der Waals surface area contributed by atoms with Gasteiger partial charge in [0.05, 0.1) is 0 Å². The standard InChI is InChI=1S/C20H26N4/c1-2-5-20-19(4-1)18(16-21-20)9-14-23-12-6-17(7-13-23)8-15-24-11-3-10-22-24/h1-5,10-11,16-17,21H,6-9,12-15H2. The molecule has 0 radical (unpaired) electrons. The van der Waals surface area contributed by atoms with E-state index < -0.39 is 0 Å². The van der Waals surface area contributed by atoms with Crippen LogP contribution in [0.25, 0.3) is 10.9 Å². The monoisotopic (exact) mass is 322 g/mol. The van der Waals surface area contributed by atoms with Crippen LogP contribution >= 0.6 is 0 Å². The van der Waals surface area contributed by atoms with E-state index in [0.29, 0.717) is 0 Å². The van der Waals surface area contributed by atoms with Crippen LogP contribution < -0.4 is 0 Å². The lowest BCUT2D eigenvalue weighted by molar-refractivity contribution is 0.177. The molecule has 0 spiro atoms. The number of likely N-dealkylation sites (tertiary alicyclic amines) is 1. The number of fused-ring (bicyclic) bond motifs is 1. The molecule has 1 aromatic carbocycles. The number of hydrogen-bond donors (Lipinski definition) is 1. The lowest BCUT2D eigenvalue weighted by Crippen LogP contribution is -2.35. The highest BCUT2D eigenvalue weighted by molar-refractivity contribution is 5.83. The quantitative estimate of drug-likeness (QED) is 0.751. The molecule has 3 aromatic rings. The Kier molecular flexibility index (Phi) is 4.65. The molecule has 0 atom stereocenters. The zero-order valence-electron chi connectivity index (χ0n) is 14.2. The van der Waals surface area contributed by atoms with Gasteiger partial charge in [-0.3, -0.25) is 4.68 Å². The number of hydrogen-bond acceptors (Lipinski definition) is 2. The van der Waals surface area contributed by atoms with Gasteiger partial charge in [0, 0.05) is 42.6 Å². The van der Waals surface area contributed by atoms with Crippen molar-refractivity contribution in [1.29, 1.82) is 0 Å². The molecule has 1 N–H and O–H groups in total. The molecule has 4 heteroatoms. The van der Waals surface area contributed by atoms with Crippen molar-refractivity contribution in [1.82, 2.24) is 19.7 Å². The number of rotatable bonds is 6. The molecule has 0 amide bonds. The Morgan fingerprint density at radius 1 is 1.08 bits per heavy atom. The van der Waals surface area contributed by atoms with Crippen molar-refractivity contribution in [2.45, 2.75) is 32.2 Å². The summed E-state index contributed by atoms with van der Waals surface area (Å²) in [5.41, 5.74) is 2.70. The lowest BCUT2D eigenvalue weighted by Gasteiger charge is -2.31. The van der Waals surface area contributed by atoms with Gasteiger partial charge < -0.3 is 9.88 Å². The van der Waals surface area contributed by atoms with Crippen molar-refractivity contribution < 1.29 is 0 Å². The third-order valence-corrected chi connectivity index (χ3v) is 5.41. The minimum Gasteiger partial charge on any atom is -0.361 e. The fourth-order valence-corrected chi connectivity index (χ4v) is 3.86. The second kappa shape index (κ2) is 7.22. The minimum atomic E-state index is 0.860. The molecule has 1 aliphatic rings. The smallest absolute Gasteiger partial charge is 0.0489 e. The maximum absolute atomic E-state index is 4.30. The third-order valence-electron chi connectivity index (χ3n) is 5.41. The summed E-state index contributed by atoms with van der Waals surface area (Å²) in [5, 5.41) is 5.68. The predicted molar refractivity (Wildman–Crippen MR) is 98.0 cm³/mol. The number of nitrogens with zero attached hydrogens (tertiary/aromatic N) is 3. The molecule has 1 aliphatic heterocycles. The van der Waals surface area contributed by atoms with Gasteiger partial charge in [-0.05, 0) is 62.4 Å². The number of para-hydroxylation sites is 1. The van der Waals surface area contributed by atoms with Crippen molar-refractivity contribution in [2.75, 3.05) is 19.6 Å². The third kappa shape index (κ3) is 3.54. The predicted octanol–water partition coefficient (Wildman–Crippen LogP) is 3.71. The van der Waals surface area contributed by atoms with E-state index in [2.05, 4.69) is 56.3 Å². The van der Waals surface area contributed by atoms with Crippen LogP contribution in [-0.4, -0.2) is 39.3 Å². The van der Waals surface area contributed by atoms with Crippen LogP contribution in [0.1, 0.15) is 24.8 Å². The van der Waals surface area contributed by atoms with E-state index in [1.165, 1.54) is 55.4 Å². The Hall–Kier alpha value is -2.07. The highest BCUT2D eigenvalue weighted by Gasteiger charge is 2.19. The van der Waals surface area contributed by atoms with Crippen molar-refractivity contribution in [3.8, 4) is 0 Å². The zero-order chi connectivity index (χ0) is 16.2. The summed E-state index contributed by atoms with van der Waals surface area (Å²) in [6.45, 7) is 4.72. The molecular weight excluding hydrogens is 296 g/mol. The van der Waals surface area contributed by atoms with Crippen LogP contribution in [0.3, 0.4) is 0 Å². The van der Waals surface area contributed by atoms with Crippen LogP contribution in [0, 0.1) is 5.92 Å². The number of aromatic amines is 1. The largest absolute Gasteiger partial charge is 0.361 e. The molecule has 0 unspecified atom stereocenters. The molecule has 0 bridgehead atoms. The molecule has 126 valence electrons. The van der Waals surface area contributed by atoms with Crippen LogP contribution in [0.2, 0.25) is 0 Å². The van der Waals surface area contributed by atoms with Crippen molar-refractivity contribution in [3.05, 3.63) is 54.5 Å². The van der Waals surface area contributed by atoms with Gasteiger partial charge in [-0.1, -0.05) is 18.2 Å². The van der Waals surface area contributed by atoms with Gasteiger partial charge in [0.25, 0.3) is 0 Å². The van der Waals surface area contributed by atoms with Gasteiger partial charge in [-0.15, -0.1) is 0 Å². The maximum atomic E-state index is 4.30. The van der Waals surface area contributed by atoms with Crippen LogP contribution in [-0.2, 0) is 13.0 Å². The summed E-state index contributed by atoms with van der Waals surface area (Å²) in [6, 6.07) is 10.6.